The molecular formula is C22H23Br3OS. The van der Waals surface area contributed by atoms with Gasteiger partial charge >= 0.3 is 0 Å². The van der Waals surface area contributed by atoms with Crippen LogP contribution in [0.3, 0.4) is 0 Å². The van der Waals surface area contributed by atoms with Crippen LogP contribution in [0.15, 0.2) is 60.8 Å². The van der Waals surface area contributed by atoms with Crippen molar-refractivity contribution in [2.75, 3.05) is 5.75 Å². The van der Waals surface area contributed by atoms with E-state index in [1.807, 2.05) is 54.2 Å². The van der Waals surface area contributed by atoms with Crippen molar-refractivity contribution < 1.29 is 4.79 Å². The highest BCUT2D eigenvalue weighted by atomic mass is 79.9. The Kier molecular flexibility index (Phi) is 10.4. The van der Waals surface area contributed by atoms with Crippen LogP contribution >= 0.6 is 59.6 Å². The molecule has 0 unspecified atom stereocenters. The monoisotopic (exact) mass is 572 g/mol. The molecule has 144 valence electrons. The van der Waals surface area contributed by atoms with Crippen LogP contribution in [0.2, 0.25) is 0 Å². The minimum atomic E-state index is 0.0112. The van der Waals surface area contributed by atoms with E-state index in [9.17, 15) is 4.79 Å². The van der Waals surface area contributed by atoms with Gasteiger partial charge in [-0.1, -0.05) is 38.7 Å². The Morgan fingerprint density at radius 3 is 2.33 bits per heavy atom. The van der Waals surface area contributed by atoms with Gasteiger partial charge in [0.2, 0.25) is 0 Å². The van der Waals surface area contributed by atoms with Gasteiger partial charge in [-0.3, -0.25) is 4.79 Å². The number of halogens is 3. The standard InChI is InChI=1S/C22H23Br3OS/c1-2-3-4-5-6-15-27-18-11-7-16(8-12-18)20(26)14-10-17-9-13-19(23)22(25)21(17)24/h7-14H,2-6,15H2,1H3. The van der Waals surface area contributed by atoms with Crippen molar-refractivity contribution in [2.45, 2.75) is 43.9 Å². The third-order valence-electron chi connectivity index (χ3n) is 4.13. The van der Waals surface area contributed by atoms with Gasteiger partial charge in [0.15, 0.2) is 5.78 Å². The first-order chi connectivity index (χ1) is 13.0. The predicted octanol–water partition coefficient (Wildman–Crippen LogP) is 8.93. The molecule has 5 heteroatoms. The topological polar surface area (TPSA) is 17.1 Å². The number of carbonyl (C=O) groups is 1. The molecule has 0 spiro atoms. The van der Waals surface area contributed by atoms with Crippen molar-refractivity contribution in [1.82, 2.24) is 0 Å². The minimum absolute atomic E-state index is 0.0112. The molecule has 2 aromatic carbocycles. The van der Waals surface area contributed by atoms with Crippen LogP contribution in [0.4, 0.5) is 0 Å². The van der Waals surface area contributed by atoms with E-state index >= 15 is 0 Å². The maximum Gasteiger partial charge on any atom is 0.185 e. The van der Waals surface area contributed by atoms with Gasteiger partial charge in [-0.2, -0.15) is 0 Å². The Hall–Kier alpha value is -0.360. The van der Waals surface area contributed by atoms with Crippen LogP contribution in [0.1, 0.15) is 54.9 Å². The Morgan fingerprint density at radius 2 is 1.63 bits per heavy atom. The molecule has 27 heavy (non-hydrogen) atoms. The van der Waals surface area contributed by atoms with Crippen LogP contribution < -0.4 is 0 Å². The average Bonchev–Trinajstić information content (AvgIpc) is 2.68. The Morgan fingerprint density at radius 1 is 0.926 bits per heavy atom. The fourth-order valence-corrected chi connectivity index (χ4v) is 4.89. The zero-order valence-corrected chi connectivity index (χ0v) is 20.9. The summed E-state index contributed by atoms with van der Waals surface area (Å²) in [6, 6.07) is 11.8. The third-order valence-corrected chi connectivity index (χ3v) is 8.64. The van der Waals surface area contributed by atoms with E-state index in [-0.39, 0.29) is 5.78 Å². The summed E-state index contributed by atoms with van der Waals surface area (Å²) in [6.45, 7) is 2.24. The molecule has 0 saturated carbocycles. The first-order valence-corrected chi connectivity index (χ1v) is 12.5. The van der Waals surface area contributed by atoms with E-state index in [4.69, 9.17) is 0 Å². The van der Waals surface area contributed by atoms with Crippen molar-refractivity contribution in [3.8, 4) is 0 Å². The van der Waals surface area contributed by atoms with Gasteiger partial charge in [0, 0.05) is 23.9 Å². The van der Waals surface area contributed by atoms with Crippen LogP contribution in [0.5, 0.6) is 0 Å². The van der Waals surface area contributed by atoms with E-state index in [0.29, 0.717) is 5.56 Å². The normalized spacial score (nSPS) is 11.3. The largest absolute Gasteiger partial charge is 0.289 e. The number of carbonyl (C=O) groups excluding carboxylic acids is 1. The summed E-state index contributed by atoms with van der Waals surface area (Å²) in [6.07, 6.45) is 9.98. The highest BCUT2D eigenvalue weighted by Crippen LogP contribution is 2.34. The molecule has 0 heterocycles. The van der Waals surface area contributed by atoms with E-state index in [1.165, 1.54) is 37.0 Å². The Bertz CT molecular complexity index is 785. The lowest BCUT2D eigenvalue weighted by molar-refractivity contribution is 0.104. The highest BCUT2D eigenvalue weighted by molar-refractivity contribution is 9.14. The number of rotatable bonds is 10. The molecule has 0 aliphatic heterocycles. The summed E-state index contributed by atoms with van der Waals surface area (Å²) in [7, 11) is 0. The summed E-state index contributed by atoms with van der Waals surface area (Å²) in [5.74, 6) is 1.15. The zero-order valence-electron chi connectivity index (χ0n) is 15.3. The summed E-state index contributed by atoms with van der Waals surface area (Å²) in [4.78, 5) is 13.7. The first-order valence-electron chi connectivity index (χ1n) is 9.11. The summed E-state index contributed by atoms with van der Waals surface area (Å²) in [5, 5.41) is 0. The molecule has 1 nitrogen and oxygen atoms in total. The van der Waals surface area contributed by atoms with Gasteiger partial charge in [-0.15, -0.1) is 11.8 Å². The number of ketones is 1. The second kappa shape index (κ2) is 12.3. The molecule has 0 radical (unpaired) electrons. The minimum Gasteiger partial charge on any atom is -0.289 e. The van der Waals surface area contributed by atoms with Gasteiger partial charge in [0.25, 0.3) is 0 Å². The van der Waals surface area contributed by atoms with Crippen LogP contribution in [0, 0.1) is 0 Å². The van der Waals surface area contributed by atoms with Crippen LogP contribution in [0.25, 0.3) is 6.08 Å². The molecule has 0 amide bonds. The van der Waals surface area contributed by atoms with Crippen molar-refractivity contribution >= 4 is 71.4 Å². The molecule has 0 fully saturated rings. The average molecular weight is 575 g/mol. The fourth-order valence-electron chi connectivity index (χ4n) is 2.54. The maximum absolute atomic E-state index is 12.4. The maximum atomic E-state index is 12.4. The van der Waals surface area contributed by atoms with Crippen molar-refractivity contribution in [3.05, 3.63) is 67.0 Å². The van der Waals surface area contributed by atoms with Crippen LogP contribution in [-0.4, -0.2) is 11.5 Å². The molecular weight excluding hydrogens is 552 g/mol. The lowest BCUT2D eigenvalue weighted by atomic mass is 10.1. The van der Waals surface area contributed by atoms with Gasteiger partial charge in [-0.25, -0.2) is 0 Å². The highest BCUT2D eigenvalue weighted by Gasteiger charge is 2.07. The van der Waals surface area contributed by atoms with Crippen molar-refractivity contribution in [2.24, 2.45) is 0 Å². The van der Waals surface area contributed by atoms with Gasteiger partial charge in [0.1, 0.15) is 0 Å². The number of benzene rings is 2. The molecule has 0 bridgehead atoms. The number of unbranched alkanes of at least 4 members (excludes halogenated alkanes) is 4. The lowest BCUT2D eigenvalue weighted by Gasteiger charge is -2.04. The van der Waals surface area contributed by atoms with Crippen molar-refractivity contribution in [3.63, 3.8) is 0 Å². The molecule has 2 rings (SSSR count). The van der Waals surface area contributed by atoms with E-state index in [2.05, 4.69) is 54.7 Å². The summed E-state index contributed by atoms with van der Waals surface area (Å²) in [5.41, 5.74) is 1.67. The molecule has 0 saturated heterocycles. The Labute approximate surface area is 191 Å². The van der Waals surface area contributed by atoms with E-state index in [1.54, 1.807) is 6.08 Å². The number of allylic oxidation sites excluding steroid dienone is 1. The zero-order chi connectivity index (χ0) is 19.6. The quantitative estimate of drug-likeness (QED) is 0.0926. The SMILES string of the molecule is CCCCCCCSc1ccc(C(=O)C=Cc2ccc(Br)c(Br)c2Br)cc1. The summed E-state index contributed by atoms with van der Waals surface area (Å²) >= 11 is 12.4. The number of thioether (sulfide) groups is 1. The van der Waals surface area contributed by atoms with Crippen LogP contribution in [-0.2, 0) is 0 Å². The summed E-state index contributed by atoms with van der Waals surface area (Å²) < 4.78 is 2.83. The molecule has 0 N–H and O–H groups in total. The molecule has 0 atom stereocenters. The van der Waals surface area contributed by atoms with E-state index < -0.39 is 0 Å². The second-order valence-electron chi connectivity index (χ2n) is 6.25. The lowest BCUT2D eigenvalue weighted by Crippen LogP contribution is -1.94. The van der Waals surface area contributed by atoms with Crippen molar-refractivity contribution in [1.29, 1.82) is 0 Å². The molecule has 2 aromatic rings. The predicted molar refractivity (Wildman–Crippen MR) is 129 cm³/mol. The Balaban J connectivity index is 1.89. The molecule has 0 aliphatic rings. The van der Waals surface area contributed by atoms with E-state index in [0.717, 1.165) is 24.7 Å². The molecule has 0 aliphatic carbocycles. The number of hydrogen-bond acceptors (Lipinski definition) is 2. The fraction of sp³-hybridized carbons (Fsp3) is 0.318. The second-order valence-corrected chi connectivity index (χ2v) is 9.86. The third kappa shape index (κ3) is 7.52. The smallest absolute Gasteiger partial charge is 0.185 e. The van der Waals surface area contributed by atoms with Gasteiger partial charge in [0.05, 0.1) is 0 Å². The molecule has 0 aromatic heterocycles. The number of hydrogen-bond donors (Lipinski definition) is 0. The van der Waals surface area contributed by atoms with Gasteiger partial charge in [-0.05, 0) is 108 Å². The van der Waals surface area contributed by atoms with Gasteiger partial charge < -0.3 is 0 Å². The first kappa shape index (κ1) is 22.9.